The fourth-order valence-electron chi connectivity index (χ4n) is 2.70. The van der Waals surface area contributed by atoms with E-state index in [1.807, 2.05) is 6.92 Å². The molecule has 27 heavy (non-hydrogen) atoms. The zero-order valence-corrected chi connectivity index (χ0v) is 16.4. The molecule has 1 amide bonds. The van der Waals surface area contributed by atoms with Gasteiger partial charge in [0.05, 0.1) is 21.8 Å². The average Bonchev–Trinajstić information content (AvgIpc) is 3.05. The van der Waals surface area contributed by atoms with Crippen LogP contribution in [-0.2, 0) is 6.42 Å². The van der Waals surface area contributed by atoms with Gasteiger partial charge in [0.15, 0.2) is 5.13 Å². The molecule has 0 bridgehead atoms. The van der Waals surface area contributed by atoms with Gasteiger partial charge >= 0.3 is 0 Å². The molecule has 0 fully saturated rings. The van der Waals surface area contributed by atoms with Crippen molar-refractivity contribution in [3.63, 3.8) is 0 Å². The van der Waals surface area contributed by atoms with Crippen LogP contribution in [0.2, 0.25) is 0 Å². The maximum absolute atomic E-state index is 14.0. The Hall–Kier alpha value is -2.45. The van der Waals surface area contributed by atoms with Crippen molar-refractivity contribution in [2.24, 2.45) is 10.7 Å². The number of hydrogen-bond acceptors (Lipinski definition) is 5. The van der Waals surface area contributed by atoms with Crippen LogP contribution in [0, 0.1) is 5.82 Å². The van der Waals surface area contributed by atoms with Crippen LogP contribution in [-0.4, -0.2) is 21.8 Å². The summed E-state index contributed by atoms with van der Waals surface area (Å²) in [6.45, 7) is 5.77. The number of benzene rings is 1. The zero-order valence-electron chi connectivity index (χ0n) is 14.8. The highest BCUT2D eigenvalue weighted by Crippen LogP contribution is 2.38. The Bertz CT molecular complexity index is 949. The third-order valence-electron chi connectivity index (χ3n) is 3.96. The number of carbonyl (C=O) groups is 1. The summed E-state index contributed by atoms with van der Waals surface area (Å²) < 4.78 is 14.0. The molecule has 8 heteroatoms. The van der Waals surface area contributed by atoms with Crippen molar-refractivity contribution in [3.05, 3.63) is 64.4 Å². The number of thioether (sulfide) groups is 1. The fourth-order valence-corrected chi connectivity index (χ4v) is 4.23. The Morgan fingerprint density at radius 3 is 2.96 bits per heavy atom. The smallest absolute Gasteiger partial charge is 0.285 e. The van der Waals surface area contributed by atoms with E-state index in [9.17, 15) is 9.18 Å². The lowest BCUT2D eigenvalue weighted by Crippen LogP contribution is -2.16. The van der Waals surface area contributed by atoms with Crippen molar-refractivity contribution in [2.75, 3.05) is 11.1 Å². The second kappa shape index (κ2) is 8.49. The van der Waals surface area contributed by atoms with Crippen LogP contribution in [0.15, 0.2) is 47.5 Å². The molecule has 0 saturated carbocycles. The molecule has 3 N–H and O–H groups in total. The molecule has 0 radical (unpaired) electrons. The predicted octanol–water partition coefficient (Wildman–Crippen LogP) is 4.82. The lowest BCUT2D eigenvalue weighted by molar-refractivity contribution is 0.270. The van der Waals surface area contributed by atoms with E-state index in [1.54, 1.807) is 24.3 Å². The molecule has 2 aromatic rings. The maximum Gasteiger partial charge on any atom is 0.285 e. The van der Waals surface area contributed by atoms with E-state index in [4.69, 9.17) is 5.73 Å². The number of fused-ring (bicyclic) bond motifs is 1. The Morgan fingerprint density at radius 1 is 1.48 bits per heavy atom. The first-order valence-corrected chi connectivity index (χ1v) is 10.2. The highest BCUT2D eigenvalue weighted by Gasteiger charge is 2.23. The fraction of sp³-hybridized carbons (Fsp3) is 0.211. The number of anilines is 1. The van der Waals surface area contributed by atoms with Gasteiger partial charge in [-0.05, 0) is 36.3 Å². The zero-order chi connectivity index (χ0) is 19.4. The van der Waals surface area contributed by atoms with E-state index < -0.39 is 5.82 Å². The Labute approximate surface area is 165 Å². The summed E-state index contributed by atoms with van der Waals surface area (Å²) >= 11 is 2.53. The first-order chi connectivity index (χ1) is 13.0. The van der Waals surface area contributed by atoms with Gasteiger partial charge in [0.2, 0.25) is 0 Å². The van der Waals surface area contributed by atoms with Crippen LogP contribution >= 0.6 is 23.1 Å². The molecular weight excluding hydrogens is 383 g/mol. The van der Waals surface area contributed by atoms with Gasteiger partial charge in [-0.25, -0.2) is 14.4 Å². The van der Waals surface area contributed by atoms with Gasteiger partial charge in [-0.2, -0.15) is 0 Å². The topological polar surface area (TPSA) is 80.4 Å². The molecule has 1 aromatic heterocycles. The van der Waals surface area contributed by atoms with Gasteiger partial charge in [-0.15, -0.1) is 0 Å². The molecule has 1 aromatic carbocycles. The molecule has 0 aliphatic heterocycles. The second-order valence-electron chi connectivity index (χ2n) is 5.70. The molecule has 0 atom stereocenters. The average molecular weight is 403 g/mol. The number of amidine groups is 1. The van der Waals surface area contributed by atoms with Crippen molar-refractivity contribution in [3.8, 4) is 0 Å². The van der Waals surface area contributed by atoms with E-state index in [1.165, 1.54) is 29.2 Å². The molecule has 3 rings (SSSR count). The summed E-state index contributed by atoms with van der Waals surface area (Å²) in [5.41, 5.74) is 8.73. The SMILES string of the molecule is C=CC1=C(/N=C(\N)c2ccccc2F)c2sc(NC(=O)SCC)nc2CC1. The van der Waals surface area contributed by atoms with Crippen LogP contribution in [0.5, 0.6) is 0 Å². The van der Waals surface area contributed by atoms with Crippen LogP contribution < -0.4 is 11.1 Å². The van der Waals surface area contributed by atoms with Gasteiger partial charge in [-0.1, -0.05) is 54.8 Å². The minimum Gasteiger partial charge on any atom is -0.383 e. The van der Waals surface area contributed by atoms with Crippen LogP contribution in [0.3, 0.4) is 0 Å². The normalized spacial score (nSPS) is 14.1. The molecule has 1 aliphatic carbocycles. The number of nitrogens with two attached hydrogens (primary N) is 1. The number of aromatic nitrogens is 1. The molecule has 0 unspecified atom stereocenters. The molecule has 0 saturated heterocycles. The van der Waals surface area contributed by atoms with E-state index in [0.717, 1.165) is 22.6 Å². The van der Waals surface area contributed by atoms with Crippen molar-refractivity contribution in [1.29, 1.82) is 0 Å². The largest absolute Gasteiger partial charge is 0.383 e. The minimum atomic E-state index is -0.426. The summed E-state index contributed by atoms with van der Waals surface area (Å²) in [5, 5.41) is 3.17. The van der Waals surface area contributed by atoms with Gasteiger partial charge in [0.25, 0.3) is 5.24 Å². The van der Waals surface area contributed by atoms with Gasteiger partial charge in [0.1, 0.15) is 11.7 Å². The third-order valence-corrected chi connectivity index (χ3v) is 5.63. The lowest BCUT2D eigenvalue weighted by Gasteiger charge is -2.15. The molecule has 140 valence electrons. The van der Waals surface area contributed by atoms with E-state index >= 15 is 0 Å². The Kier molecular flexibility index (Phi) is 6.08. The van der Waals surface area contributed by atoms with E-state index in [-0.39, 0.29) is 16.6 Å². The number of aliphatic imine (C=N–C) groups is 1. The summed E-state index contributed by atoms with van der Waals surface area (Å²) in [6, 6.07) is 6.25. The molecule has 1 aliphatic rings. The number of rotatable bonds is 5. The highest BCUT2D eigenvalue weighted by molar-refractivity contribution is 8.13. The third kappa shape index (κ3) is 4.28. The number of nitrogens with zero attached hydrogens (tertiary/aromatic N) is 2. The molecular formula is C19H19FN4OS2. The quantitative estimate of drug-likeness (QED) is 0.555. The number of aryl methyl sites for hydroxylation is 1. The van der Waals surface area contributed by atoms with Crippen molar-refractivity contribution in [2.45, 2.75) is 19.8 Å². The predicted molar refractivity (Wildman–Crippen MR) is 112 cm³/mol. The minimum absolute atomic E-state index is 0.0934. The van der Waals surface area contributed by atoms with Gasteiger partial charge in [-0.3, -0.25) is 10.1 Å². The number of allylic oxidation sites excluding steroid dienone is 2. The number of thiazole rings is 1. The Balaban J connectivity index is 1.99. The monoisotopic (exact) mass is 402 g/mol. The van der Waals surface area contributed by atoms with Gasteiger partial charge in [0, 0.05) is 0 Å². The van der Waals surface area contributed by atoms with Crippen molar-refractivity contribution in [1.82, 2.24) is 4.98 Å². The van der Waals surface area contributed by atoms with Crippen LogP contribution in [0.4, 0.5) is 14.3 Å². The van der Waals surface area contributed by atoms with Crippen LogP contribution in [0.25, 0.3) is 5.70 Å². The first kappa shape index (κ1) is 19.3. The standard InChI is InChI=1S/C19H19FN4OS2/c1-3-11-9-10-14-16(27-18(22-14)24-19(25)26-4-2)15(11)23-17(21)12-7-5-6-8-13(12)20/h3,5-8H,1,4,9-10H2,2H3,(H2,21,23)(H,22,24,25). The number of hydrogen-bond donors (Lipinski definition) is 2. The summed E-state index contributed by atoms with van der Waals surface area (Å²) in [5.74, 6) is 0.354. The van der Waals surface area contributed by atoms with Crippen LogP contribution in [0.1, 0.15) is 29.5 Å². The number of amides is 1. The lowest BCUT2D eigenvalue weighted by atomic mass is 9.98. The molecule has 1 heterocycles. The number of carbonyl (C=O) groups excluding carboxylic acids is 1. The van der Waals surface area contributed by atoms with Crippen molar-refractivity contribution >= 4 is 45.0 Å². The Morgan fingerprint density at radius 2 is 2.26 bits per heavy atom. The van der Waals surface area contributed by atoms with E-state index in [2.05, 4.69) is 21.9 Å². The van der Waals surface area contributed by atoms with Crippen molar-refractivity contribution < 1.29 is 9.18 Å². The second-order valence-corrected chi connectivity index (χ2v) is 7.93. The maximum atomic E-state index is 14.0. The molecule has 0 spiro atoms. The number of nitrogens with one attached hydrogen (secondary N) is 1. The summed E-state index contributed by atoms with van der Waals surface area (Å²) in [4.78, 5) is 21.7. The summed E-state index contributed by atoms with van der Waals surface area (Å²) in [7, 11) is 0. The van der Waals surface area contributed by atoms with E-state index in [0.29, 0.717) is 23.0 Å². The first-order valence-electron chi connectivity index (χ1n) is 8.42. The number of halogens is 1. The summed E-state index contributed by atoms with van der Waals surface area (Å²) in [6.07, 6.45) is 3.17. The highest BCUT2D eigenvalue weighted by atomic mass is 32.2. The molecule has 5 nitrogen and oxygen atoms in total. The van der Waals surface area contributed by atoms with Gasteiger partial charge < -0.3 is 5.73 Å².